The molecule has 0 spiro atoms. The number of hydrogen-bond donors (Lipinski definition) is 0. The van der Waals surface area contributed by atoms with Gasteiger partial charge < -0.3 is 0 Å². The fourth-order valence-electron chi connectivity index (χ4n) is 9.90. The molecule has 0 aliphatic heterocycles. The van der Waals surface area contributed by atoms with Gasteiger partial charge in [-0.05, 0) is 89.9 Å². The third-order valence-electron chi connectivity index (χ3n) is 13.0. The molecule has 270 valence electrons. The van der Waals surface area contributed by atoms with Gasteiger partial charge in [0.1, 0.15) is 0 Å². The Morgan fingerprint density at radius 3 is 1.59 bits per heavy atom. The van der Waals surface area contributed by atoms with Crippen molar-refractivity contribution in [3.8, 4) is 22.3 Å². The van der Waals surface area contributed by atoms with E-state index in [0.717, 1.165) is 16.7 Å². The predicted molar refractivity (Wildman–Crippen MR) is 229 cm³/mol. The molecule has 3 aliphatic rings. The van der Waals surface area contributed by atoms with E-state index < -0.39 is 0 Å². The Balaban J connectivity index is 1.01. The maximum atomic E-state index is 13.2. The number of benzene rings is 7. The highest BCUT2D eigenvalue weighted by Gasteiger charge is 2.50. The van der Waals surface area contributed by atoms with Crippen LogP contribution in [0.3, 0.4) is 0 Å². The molecule has 10 rings (SSSR count). The number of allylic oxidation sites excluding steroid dienone is 4. The van der Waals surface area contributed by atoms with Crippen molar-refractivity contribution in [1.82, 2.24) is 0 Å². The first-order chi connectivity index (χ1) is 27.1. The van der Waals surface area contributed by atoms with Gasteiger partial charge in [-0.2, -0.15) is 0 Å². The maximum absolute atomic E-state index is 13.2. The molecule has 0 bridgehead atoms. The molecule has 0 heterocycles. The molecule has 2 unspecified atom stereocenters. The fourth-order valence-corrected chi connectivity index (χ4v) is 9.90. The second kappa shape index (κ2) is 12.6. The molecule has 0 saturated carbocycles. The molecular formula is C54H42O2. The lowest BCUT2D eigenvalue weighted by atomic mass is 9.70. The molecule has 0 saturated heterocycles. The van der Waals surface area contributed by atoms with E-state index in [1.165, 1.54) is 49.7 Å². The van der Waals surface area contributed by atoms with Gasteiger partial charge in [0.05, 0.1) is 0 Å². The van der Waals surface area contributed by atoms with Crippen LogP contribution >= 0.6 is 0 Å². The van der Waals surface area contributed by atoms with Gasteiger partial charge in [0, 0.05) is 33.6 Å². The highest BCUT2D eigenvalue weighted by atomic mass is 16.1. The molecule has 0 fully saturated rings. The van der Waals surface area contributed by atoms with Gasteiger partial charge in [-0.1, -0.05) is 185 Å². The summed E-state index contributed by atoms with van der Waals surface area (Å²) in [6, 6.07) is 53.5. The van der Waals surface area contributed by atoms with Crippen LogP contribution in [0.5, 0.6) is 0 Å². The topological polar surface area (TPSA) is 34.1 Å². The van der Waals surface area contributed by atoms with Crippen molar-refractivity contribution in [2.75, 3.05) is 0 Å². The number of rotatable bonds is 6. The minimum atomic E-state index is -0.174. The summed E-state index contributed by atoms with van der Waals surface area (Å²) in [4.78, 5) is 26.3. The van der Waals surface area contributed by atoms with E-state index >= 15 is 0 Å². The summed E-state index contributed by atoms with van der Waals surface area (Å²) >= 11 is 0. The van der Waals surface area contributed by atoms with Crippen molar-refractivity contribution >= 4 is 27.9 Å². The van der Waals surface area contributed by atoms with Gasteiger partial charge >= 0.3 is 0 Å². The number of ketones is 2. The van der Waals surface area contributed by atoms with Crippen LogP contribution in [0.4, 0.5) is 0 Å². The number of carbonyl (C=O) groups is 2. The molecule has 2 atom stereocenters. The van der Waals surface area contributed by atoms with E-state index in [4.69, 9.17) is 0 Å². The number of fused-ring (bicyclic) bond motifs is 8. The summed E-state index contributed by atoms with van der Waals surface area (Å²) in [6.07, 6.45) is 5.20. The third-order valence-corrected chi connectivity index (χ3v) is 13.0. The molecule has 2 nitrogen and oxygen atoms in total. The van der Waals surface area contributed by atoms with Gasteiger partial charge in [0.15, 0.2) is 11.6 Å². The summed E-state index contributed by atoms with van der Waals surface area (Å²) in [7, 11) is 0. The SMILES string of the molecule is CC1(C)C2=CC3c4c(cc(-c5ccc(C(=O)c6ccccc6)cc5)c5ccccc45)C(C)(C)C3C=C2c2ccc(-c3ccc(C(=O)c4ccccc4)cc3)cc21. The first-order valence-electron chi connectivity index (χ1n) is 19.7. The van der Waals surface area contributed by atoms with Crippen molar-refractivity contribution in [2.24, 2.45) is 5.92 Å². The second-order valence-corrected chi connectivity index (χ2v) is 16.8. The van der Waals surface area contributed by atoms with Crippen molar-refractivity contribution in [2.45, 2.75) is 44.4 Å². The summed E-state index contributed by atoms with van der Waals surface area (Å²) < 4.78 is 0. The van der Waals surface area contributed by atoms with Gasteiger partial charge in [0.2, 0.25) is 0 Å². The van der Waals surface area contributed by atoms with E-state index in [1.54, 1.807) is 0 Å². The van der Waals surface area contributed by atoms with Gasteiger partial charge in [-0.3, -0.25) is 9.59 Å². The predicted octanol–water partition coefficient (Wildman–Crippen LogP) is 12.9. The van der Waals surface area contributed by atoms with E-state index in [0.29, 0.717) is 28.2 Å². The van der Waals surface area contributed by atoms with Crippen molar-refractivity contribution in [1.29, 1.82) is 0 Å². The van der Waals surface area contributed by atoms with Crippen LogP contribution < -0.4 is 0 Å². The van der Waals surface area contributed by atoms with Crippen LogP contribution in [0.25, 0.3) is 38.6 Å². The molecule has 56 heavy (non-hydrogen) atoms. The Kier molecular flexibility index (Phi) is 7.67. The summed E-state index contributed by atoms with van der Waals surface area (Å²) in [5.41, 5.74) is 15.4. The van der Waals surface area contributed by atoms with E-state index in [1.807, 2.05) is 84.9 Å². The second-order valence-electron chi connectivity index (χ2n) is 16.8. The zero-order valence-electron chi connectivity index (χ0n) is 32.1. The Bertz CT molecular complexity index is 2800. The maximum Gasteiger partial charge on any atom is 0.193 e. The van der Waals surface area contributed by atoms with E-state index in [9.17, 15) is 9.59 Å². The smallest absolute Gasteiger partial charge is 0.193 e. The number of carbonyl (C=O) groups excluding carboxylic acids is 2. The molecule has 0 aromatic heterocycles. The first kappa shape index (κ1) is 34.1. The van der Waals surface area contributed by atoms with Gasteiger partial charge in [-0.15, -0.1) is 0 Å². The molecule has 0 radical (unpaired) electrons. The van der Waals surface area contributed by atoms with E-state index in [-0.39, 0.29) is 28.3 Å². The lowest BCUT2D eigenvalue weighted by Crippen LogP contribution is -2.27. The van der Waals surface area contributed by atoms with Crippen LogP contribution in [0, 0.1) is 5.92 Å². The lowest BCUT2D eigenvalue weighted by molar-refractivity contribution is 0.103. The molecule has 7 aromatic rings. The highest BCUT2D eigenvalue weighted by molar-refractivity contribution is 6.10. The van der Waals surface area contributed by atoms with Crippen molar-refractivity contribution in [3.05, 3.63) is 220 Å². The van der Waals surface area contributed by atoms with Crippen LogP contribution in [0.2, 0.25) is 0 Å². The average Bonchev–Trinajstić information content (AvgIpc) is 3.61. The quantitative estimate of drug-likeness (QED) is 0.160. The minimum absolute atomic E-state index is 0.0411. The molecule has 2 heteroatoms. The fraction of sp³-hybridized carbons (Fsp3) is 0.148. The molecule has 0 N–H and O–H groups in total. The Labute approximate surface area is 328 Å². The summed E-state index contributed by atoms with van der Waals surface area (Å²) in [5, 5.41) is 2.55. The molecule has 0 amide bonds. The molecular weight excluding hydrogens is 681 g/mol. The zero-order chi connectivity index (χ0) is 38.3. The third kappa shape index (κ3) is 5.16. The highest BCUT2D eigenvalue weighted by Crippen LogP contribution is 2.62. The number of hydrogen-bond acceptors (Lipinski definition) is 2. The first-order valence-corrected chi connectivity index (χ1v) is 19.7. The van der Waals surface area contributed by atoms with Crippen molar-refractivity contribution < 1.29 is 9.59 Å². The van der Waals surface area contributed by atoms with Crippen LogP contribution in [0.1, 0.15) is 87.7 Å². The molecule has 7 aromatic carbocycles. The zero-order valence-corrected chi connectivity index (χ0v) is 32.1. The minimum Gasteiger partial charge on any atom is -0.289 e. The van der Waals surface area contributed by atoms with Gasteiger partial charge in [-0.25, -0.2) is 0 Å². The lowest BCUT2D eigenvalue weighted by Gasteiger charge is -2.33. The normalized spacial score (nSPS) is 18.3. The van der Waals surface area contributed by atoms with Crippen LogP contribution in [-0.4, -0.2) is 11.6 Å². The molecule has 3 aliphatic carbocycles. The monoisotopic (exact) mass is 722 g/mol. The Hall–Kier alpha value is -6.38. The average molecular weight is 723 g/mol. The van der Waals surface area contributed by atoms with E-state index in [2.05, 4.69) is 113 Å². The Morgan fingerprint density at radius 1 is 0.464 bits per heavy atom. The van der Waals surface area contributed by atoms with Crippen LogP contribution in [-0.2, 0) is 10.8 Å². The summed E-state index contributed by atoms with van der Waals surface area (Å²) in [5.74, 6) is 0.641. The van der Waals surface area contributed by atoms with Gasteiger partial charge in [0.25, 0.3) is 0 Å². The largest absolute Gasteiger partial charge is 0.289 e. The van der Waals surface area contributed by atoms with Crippen LogP contribution in [0.15, 0.2) is 175 Å². The Morgan fingerprint density at radius 2 is 0.982 bits per heavy atom. The summed E-state index contributed by atoms with van der Waals surface area (Å²) in [6.45, 7) is 9.59. The van der Waals surface area contributed by atoms with Crippen molar-refractivity contribution in [3.63, 3.8) is 0 Å². The standard InChI is InChI=1S/C54H42O2/c1-53(2)46-29-39(33-19-23-37(24-20-33)51(55)35-13-7-5-8-14-35)27-28-41(46)44-31-48-45(32-47(44)53)50-42-18-12-11-17-40(42)43(30-49(50)54(48,3)4)34-21-25-38(26-22-34)52(56)36-15-9-6-10-16-36/h5-32,45,48H,1-4H3.